The molecule has 1 fully saturated rings. The van der Waals surface area contributed by atoms with Gasteiger partial charge in [-0.1, -0.05) is 44.2 Å². The van der Waals surface area contributed by atoms with Crippen molar-refractivity contribution >= 4 is 16.7 Å². The zero-order chi connectivity index (χ0) is 22.8. The topological polar surface area (TPSA) is 84.7 Å². The van der Waals surface area contributed by atoms with Gasteiger partial charge in [0.1, 0.15) is 24.5 Å². The molecule has 0 saturated carbocycles. The van der Waals surface area contributed by atoms with E-state index in [9.17, 15) is 14.7 Å². The molecular formula is C25H29N3O4. The Morgan fingerprint density at radius 3 is 2.66 bits per heavy atom. The molecule has 7 heteroatoms. The Balaban J connectivity index is 1.42. The molecule has 0 aliphatic carbocycles. The summed E-state index contributed by atoms with van der Waals surface area (Å²) in [7, 11) is 0. The van der Waals surface area contributed by atoms with Crippen molar-refractivity contribution in [2.24, 2.45) is 0 Å². The highest BCUT2D eigenvalue weighted by molar-refractivity contribution is 5.83. The molecule has 168 valence electrons. The summed E-state index contributed by atoms with van der Waals surface area (Å²) >= 11 is 0. The first-order valence-corrected chi connectivity index (χ1v) is 11.0. The van der Waals surface area contributed by atoms with Crippen LogP contribution < -0.4 is 10.3 Å². The predicted molar refractivity (Wildman–Crippen MR) is 123 cm³/mol. The summed E-state index contributed by atoms with van der Waals surface area (Å²) in [4.78, 5) is 27.2. The van der Waals surface area contributed by atoms with Gasteiger partial charge in [0.25, 0.3) is 5.56 Å². The molecule has 7 nitrogen and oxygen atoms in total. The highest BCUT2D eigenvalue weighted by atomic mass is 16.5. The fourth-order valence-electron chi connectivity index (χ4n) is 4.14. The maximum Gasteiger partial charge on any atom is 0.275 e. The fourth-order valence-corrected chi connectivity index (χ4v) is 4.14. The summed E-state index contributed by atoms with van der Waals surface area (Å²) in [6, 6.07) is 15.1. The summed E-state index contributed by atoms with van der Waals surface area (Å²) in [6.45, 7) is 6.52. The van der Waals surface area contributed by atoms with Crippen LogP contribution in [0.4, 0.5) is 0 Å². The van der Waals surface area contributed by atoms with E-state index in [-0.39, 0.29) is 30.7 Å². The lowest BCUT2D eigenvalue weighted by Crippen LogP contribution is -2.52. The molecule has 4 rings (SSSR count). The monoisotopic (exact) mass is 435 g/mol. The standard InChI is InChI=1S/C25H29N3O4/c1-16(2)18-7-6-8-19(13-18)32-23-11-12-27(14-22(23)29)24(30)15-28-25(31)21-10-5-4-9-20(21)17(3)26-28/h4-10,13,16,22-23,29H,11-12,14-15H2,1-3H3/t22-,23-/m1/s1. The lowest BCUT2D eigenvalue weighted by Gasteiger charge is -2.36. The molecule has 0 bridgehead atoms. The first kappa shape index (κ1) is 22.0. The van der Waals surface area contributed by atoms with Crippen molar-refractivity contribution in [1.82, 2.24) is 14.7 Å². The highest BCUT2D eigenvalue weighted by Gasteiger charge is 2.32. The lowest BCUT2D eigenvalue weighted by atomic mass is 10.0. The first-order valence-electron chi connectivity index (χ1n) is 11.0. The number of β-amino-alcohol motifs (C(OH)–C–C–N with tert-alkyl or cyclic N) is 1. The van der Waals surface area contributed by atoms with E-state index in [2.05, 4.69) is 25.0 Å². The van der Waals surface area contributed by atoms with E-state index >= 15 is 0 Å². The van der Waals surface area contributed by atoms with Crippen LogP contribution in [-0.2, 0) is 11.3 Å². The number of aromatic nitrogens is 2. The Kier molecular flexibility index (Phi) is 6.28. The van der Waals surface area contributed by atoms with Gasteiger partial charge in [0, 0.05) is 18.4 Å². The number of nitrogens with zero attached hydrogens (tertiary/aromatic N) is 3. The minimum atomic E-state index is -0.807. The average molecular weight is 436 g/mol. The second-order valence-corrected chi connectivity index (χ2v) is 8.67. The van der Waals surface area contributed by atoms with Gasteiger partial charge < -0.3 is 14.7 Å². The zero-order valence-corrected chi connectivity index (χ0v) is 18.7. The lowest BCUT2D eigenvalue weighted by molar-refractivity contribution is -0.137. The highest BCUT2D eigenvalue weighted by Crippen LogP contribution is 2.24. The Morgan fingerprint density at radius 2 is 1.94 bits per heavy atom. The summed E-state index contributed by atoms with van der Waals surface area (Å²) in [5, 5.41) is 16.3. The Hall–Kier alpha value is -3.19. The van der Waals surface area contributed by atoms with Gasteiger partial charge in [0.2, 0.25) is 5.91 Å². The van der Waals surface area contributed by atoms with Gasteiger partial charge in [-0.05, 0) is 36.6 Å². The van der Waals surface area contributed by atoms with Crippen LogP contribution in [0, 0.1) is 6.92 Å². The van der Waals surface area contributed by atoms with Crippen molar-refractivity contribution in [3.05, 3.63) is 70.1 Å². The summed E-state index contributed by atoms with van der Waals surface area (Å²) < 4.78 is 7.25. The summed E-state index contributed by atoms with van der Waals surface area (Å²) in [5.41, 5.74) is 1.58. The van der Waals surface area contributed by atoms with Gasteiger partial charge in [0.05, 0.1) is 17.6 Å². The molecule has 0 unspecified atom stereocenters. The molecule has 2 heterocycles. The minimum absolute atomic E-state index is 0.154. The number of carbonyl (C=O) groups excluding carboxylic acids is 1. The molecule has 32 heavy (non-hydrogen) atoms. The number of hydrogen-bond donors (Lipinski definition) is 1. The Bertz CT molecular complexity index is 1190. The molecule has 2 aromatic carbocycles. The second kappa shape index (κ2) is 9.12. The van der Waals surface area contributed by atoms with E-state index < -0.39 is 6.10 Å². The molecule has 1 amide bonds. The van der Waals surface area contributed by atoms with E-state index in [4.69, 9.17) is 4.74 Å². The van der Waals surface area contributed by atoms with Crippen molar-refractivity contribution in [2.45, 2.75) is 51.9 Å². The number of fused-ring (bicyclic) bond motifs is 1. The van der Waals surface area contributed by atoms with Gasteiger partial charge in [-0.15, -0.1) is 0 Å². The van der Waals surface area contributed by atoms with E-state index in [0.29, 0.717) is 30.0 Å². The Labute approximate surface area is 187 Å². The van der Waals surface area contributed by atoms with Crippen LogP contribution in [0.15, 0.2) is 53.3 Å². The van der Waals surface area contributed by atoms with Crippen molar-refractivity contribution in [3.8, 4) is 5.75 Å². The predicted octanol–water partition coefficient (Wildman–Crippen LogP) is 2.87. The van der Waals surface area contributed by atoms with Crippen molar-refractivity contribution in [2.75, 3.05) is 13.1 Å². The second-order valence-electron chi connectivity index (χ2n) is 8.67. The largest absolute Gasteiger partial charge is 0.488 e. The number of aryl methyl sites for hydroxylation is 1. The summed E-state index contributed by atoms with van der Waals surface area (Å²) in [6.07, 6.45) is -0.679. The number of amides is 1. The normalized spacial score (nSPS) is 18.8. The van der Waals surface area contributed by atoms with Gasteiger partial charge in [-0.25, -0.2) is 4.68 Å². The molecule has 3 aromatic rings. The zero-order valence-electron chi connectivity index (χ0n) is 18.7. The van der Waals surface area contributed by atoms with Crippen LogP contribution in [0.5, 0.6) is 5.75 Å². The summed E-state index contributed by atoms with van der Waals surface area (Å²) in [5.74, 6) is 0.870. The van der Waals surface area contributed by atoms with Crippen molar-refractivity contribution in [3.63, 3.8) is 0 Å². The fraction of sp³-hybridized carbons (Fsp3) is 0.400. The van der Waals surface area contributed by atoms with Crippen molar-refractivity contribution in [1.29, 1.82) is 0 Å². The third-order valence-electron chi connectivity index (χ3n) is 6.02. The third kappa shape index (κ3) is 4.53. The molecular weight excluding hydrogens is 406 g/mol. The molecule has 1 saturated heterocycles. The number of aliphatic hydroxyl groups is 1. The maximum atomic E-state index is 12.9. The number of aliphatic hydroxyl groups excluding tert-OH is 1. The smallest absolute Gasteiger partial charge is 0.275 e. The molecule has 1 aliphatic heterocycles. The molecule has 1 aromatic heterocycles. The quantitative estimate of drug-likeness (QED) is 0.666. The number of hydrogen-bond acceptors (Lipinski definition) is 5. The molecule has 1 N–H and O–H groups in total. The number of carbonyl (C=O) groups is 1. The number of rotatable bonds is 5. The van der Waals surface area contributed by atoms with Crippen LogP contribution in [-0.4, -0.2) is 51.0 Å². The number of piperidine rings is 1. The SMILES string of the molecule is Cc1nn(CC(=O)N2CC[C@@H](Oc3cccc(C(C)C)c3)[C@H](O)C2)c(=O)c2ccccc12. The van der Waals surface area contributed by atoms with Crippen LogP contribution >= 0.6 is 0 Å². The molecule has 0 spiro atoms. The van der Waals surface area contributed by atoms with Crippen LogP contribution in [0.25, 0.3) is 10.8 Å². The van der Waals surface area contributed by atoms with Gasteiger partial charge in [0.15, 0.2) is 0 Å². The van der Waals surface area contributed by atoms with E-state index in [0.717, 1.165) is 11.1 Å². The van der Waals surface area contributed by atoms with E-state index in [1.54, 1.807) is 17.0 Å². The minimum Gasteiger partial charge on any atom is -0.488 e. The number of benzene rings is 2. The van der Waals surface area contributed by atoms with Gasteiger partial charge in [-0.3, -0.25) is 9.59 Å². The van der Waals surface area contributed by atoms with E-state index in [1.807, 2.05) is 37.3 Å². The van der Waals surface area contributed by atoms with Crippen LogP contribution in [0.3, 0.4) is 0 Å². The van der Waals surface area contributed by atoms with Gasteiger partial charge >= 0.3 is 0 Å². The molecule has 2 atom stereocenters. The van der Waals surface area contributed by atoms with Gasteiger partial charge in [-0.2, -0.15) is 5.10 Å². The third-order valence-corrected chi connectivity index (χ3v) is 6.02. The molecule has 1 aliphatic rings. The first-order chi connectivity index (χ1) is 15.3. The number of likely N-dealkylation sites (tertiary alicyclic amines) is 1. The van der Waals surface area contributed by atoms with Crippen LogP contribution in [0.2, 0.25) is 0 Å². The van der Waals surface area contributed by atoms with Crippen LogP contribution in [0.1, 0.15) is 37.4 Å². The Morgan fingerprint density at radius 1 is 1.19 bits per heavy atom. The average Bonchev–Trinajstić information content (AvgIpc) is 2.78. The van der Waals surface area contributed by atoms with Crippen molar-refractivity contribution < 1.29 is 14.6 Å². The maximum absolute atomic E-state index is 12.9. The molecule has 0 radical (unpaired) electrons. The number of ether oxygens (including phenoxy) is 1. The van der Waals surface area contributed by atoms with E-state index in [1.165, 1.54) is 10.2 Å².